The number of hydrogen-bond donors (Lipinski definition) is 0. The Morgan fingerprint density at radius 1 is 0.189 bits per heavy atom. The van der Waals surface area contributed by atoms with Gasteiger partial charge in [0, 0.05) is 55.3 Å². The summed E-state index contributed by atoms with van der Waals surface area (Å²) in [7, 11) is 0. The highest BCUT2D eigenvalue weighted by Gasteiger charge is 2.53. The molecule has 2 aliphatic heterocycles. The van der Waals surface area contributed by atoms with Gasteiger partial charge in [-0.05, 0) is 173 Å². The van der Waals surface area contributed by atoms with E-state index in [1.165, 1.54) is 49.9 Å². The lowest BCUT2D eigenvalue weighted by atomic mass is 9.65. The normalized spacial score (nSPS) is 13.4. The Morgan fingerprint density at radius 3 is 1.13 bits per heavy atom. The largest absolute Gasteiger partial charge is 0.457 e. The zero-order chi connectivity index (χ0) is 69.6. The SMILES string of the molecule is c1ccc(-c2ccc(-c3nc(-c4cccc(-c5ccc6c(c5)C5(c7ccccc7O6)c6ccccc6-c6ccccc65)c4)nc4cc(-c5ccc6c(c5)C5(c7cc(-c8cccc(-c9nc(-c%10cccc%11ccccc%10%11)c%10ccccc%10n9)c8)ccc7O6)c6ccccc6-c6ccccc65)ccc34)cc2)cc1. The molecule has 18 aromatic rings. The molecule has 4 heterocycles. The third kappa shape index (κ3) is 8.92. The lowest BCUT2D eigenvalue weighted by Crippen LogP contribution is -2.32. The van der Waals surface area contributed by atoms with E-state index in [1.807, 2.05) is 0 Å². The van der Waals surface area contributed by atoms with E-state index in [9.17, 15) is 0 Å². The van der Waals surface area contributed by atoms with Gasteiger partial charge in [0.15, 0.2) is 11.6 Å². The fourth-order valence-electron chi connectivity index (χ4n) is 17.9. The van der Waals surface area contributed by atoms with Gasteiger partial charge in [-0.3, -0.25) is 0 Å². The second-order valence-electron chi connectivity index (χ2n) is 28.2. The van der Waals surface area contributed by atoms with Gasteiger partial charge in [-0.25, -0.2) is 19.9 Å². The Morgan fingerprint density at radius 2 is 0.547 bits per heavy atom. The summed E-state index contributed by atoms with van der Waals surface area (Å²) >= 11 is 0. The average molecular weight is 1350 g/mol. The molecule has 4 aliphatic rings. The first-order valence-corrected chi connectivity index (χ1v) is 36.2. The molecule has 6 nitrogen and oxygen atoms in total. The third-order valence-electron chi connectivity index (χ3n) is 22.6. The van der Waals surface area contributed by atoms with E-state index in [0.29, 0.717) is 11.6 Å². The quantitative estimate of drug-likeness (QED) is 0.151. The van der Waals surface area contributed by atoms with Gasteiger partial charge in [0.05, 0.1) is 33.3 Å². The molecule has 2 aromatic heterocycles. The fourth-order valence-corrected chi connectivity index (χ4v) is 17.9. The highest BCUT2D eigenvalue weighted by molar-refractivity contribution is 6.04. The number of fused-ring (bicyclic) bond motifs is 21. The number of ether oxygens (including phenoxy) is 2. The lowest BCUT2D eigenvalue weighted by Gasteiger charge is -2.40. The summed E-state index contributed by atoms with van der Waals surface area (Å²) in [5.74, 6) is 4.63. The zero-order valence-corrected chi connectivity index (χ0v) is 57.2. The molecule has 0 amide bonds. The van der Waals surface area contributed by atoms with Crippen molar-refractivity contribution in [3.05, 3.63) is 408 Å². The van der Waals surface area contributed by atoms with Gasteiger partial charge in [0.2, 0.25) is 0 Å². The summed E-state index contributed by atoms with van der Waals surface area (Å²) < 4.78 is 14.1. The molecular weight excluding hydrogens is 1290 g/mol. The van der Waals surface area contributed by atoms with E-state index < -0.39 is 10.8 Å². The van der Waals surface area contributed by atoms with Gasteiger partial charge in [0.1, 0.15) is 23.0 Å². The number of para-hydroxylation sites is 2. The van der Waals surface area contributed by atoms with Crippen LogP contribution in [0.4, 0.5) is 0 Å². The predicted molar refractivity (Wildman–Crippen MR) is 428 cm³/mol. The zero-order valence-electron chi connectivity index (χ0n) is 57.2. The van der Waals surface area contributed by atoms with Crippen molar-refractivity contribution in [1.82, 2.24) is 19.9 Å². The summed E-state index contributed by atoms with van der Waals surface area (Å²) in [5, 5.41) is 4.28. The highest BCUT2D eigenvalue weighted by Crippen LogP contribution is 2.65. The summed E-state index contributed by atoms with van der Waals surface area (Å²) in [6, 6.07) is 131. The standard InChI is InChI=1S/C100H60N4O2/c1-2-21-61(22-3-1)62-43-45-64(46-44-62)95-80-51-47-70(60-90(80)102-98(103-95)72-28-19-26-66(56-72)67-48-52-92-86(57-67)99(85-40-15-17-42-91(85)105-92)81-36-11-6-30-74(81)75-31-7-12-37-82(75)99)69-50-54-94-88(59-69)100(83-38-13-8-32-76(83)77-33-9-14-39-84(77)100)87-58-68(49-53-93(87)106-94)65-25-18-27-71(55-65)97-101-89-41-16-10-34-79(89)96(104-97)78-35-20-24-63-23-4-5-29-73(63)78/h1-60H. The number of aromatic nitrogens is 4. The average Bonchev–Trinajstić information content (AvgIpc) is 1.51. The molecule has 0 fully saturated rings. The smallest absolute Gasteiger partial charge is 0.160 e. The van der Waals surface area contributed by atoms with Crippen LogP contribution in [0.25, 0.3) is 145 Å². The van der Waals surface area contributed by atoms with Crippen LogP contribution in [0.3, 0.4) is 0 Å². The third-order valence-corrected chi connectivity index (χ3v) is 22.6. The van der Waals surface area contributed by atoms with Gasteiger partial charge < -0.3 is 9.47 Å². The van der Waals surface area contributed by atoms with Crippen molar-refractivity contribution in [3.8, 4) is 135 Å². The van der Waals surface area contributed by atoms with Crippen molar-refractivity contribution in [1.29, 1.82) is 0 Å². The topological polar surface area (TPSA) is 70.0 Å². The molecule has 22 rings (SSSR count). The summed E-state index contributed by atoms with van der Waals surface area (Å²) in [6.45, 7) is 0. The summed E-state index contributed by atoms with van der Waals surface area (Å²) in [6.07, 6.45) is 0. The van der Waals surface area contributed by atoms with Crippen LogP contribution in [0, 0.1) is 0 Å². The Balaban J connectivity index is 0.680. The maximum atomic E-state index is 7.22. The van der Waals surface area contributed by atoms with Crippen molar-refractivity contribution in [2.75, 3.05) is 0 Å². The van der Waals surface area contributed by atoms with Crippen LogP contribution in [-0.4, -0.2) is 19.9 Å². The van der Waals surface area contributed by atoms with Crippen molar-refractivity contribution >= 4 is 32.6 Å². The minimum absolute atomic E-state index is 0.601. The first-order chi connectivity index (χ1) is 52.5. The molecule has 0 unspecified atom stereocenters. The number of benzene rings is 16. The molecule has 16 aromatic carbocycles. The molecule has 6 heteroatoms. The molecule has 492 valence electrons. The molecule has 106 heavy (non-hydrogen) atoms. The van der Waals surface area contributed by atoms with Crippen molar-refractivity contribution in [2.24, 2.45) is 0 Å². The van der Waals surface area contributed by atoms with E-state index >= 15 is 0 Å². The Bertz CT molecular complexity index is 6640. The van der Waals surface area contributed by atoms with Crippen LogP contribution < -0.4 is 9.47 Å². The van der Waals surface area contributed by atoms with Gasteiger partial charge in [0.25, 0.3) is 0 Å². The molecule has 2 aliphatic carbocycles. The highest BCUT2D eigenvalue weighted by atomic mass is 16.5. The van der Waals surface area contributed by atoms with Crippen LogP contribution >= 0.6 is 0 Å². The monoisotopic (exact) mass is 1350 g/mol. The molecule has 0 bridgehead atoms. The molecule has 0 N–H and O–H groups in total. The van der Waals surface area contributed by atoms with Gasteiger partial charge in [-0.15, -0.1) is 0 Å². The van der Waals surface area contributed by atoms with E-state index in [1.54, 1.807) is 0 Å². The first-order valence-electron chi connectivity index (χ1n) is 36.2. The van der Waals surface area contributed by atoms with E-state index in [0.717, 1.165) is 151 Å². The van der Waals surface area contributed by atoms with Gasteiger partial charge in [-0.2, -0.15) is 0 Å². The van der Waals surface area contributed by atoms with Gasteiger partial charge >= 0.3 is 0 Å². The number of rotatable bonds is 8. The maximum Gasteiger partial charge on any atom is 0.160 e. The van der Waals surface area contributed by atoms with Crippen LogP contribution in [0.1, 0.15) is 44.5 Å². The molecule has 0 saturated heterocycles. The minimum Gasteiger partial charge on any atom is -0.457 e. The summed E-state index contributed by atoms with van der Waals surface area (Å²) in [4.78, 5) is 21.9. The number of hydrogen-bond acceptors (Lipinski definition) is 6. The van der Waals surface area contributed by atoms with Crippen LogP contribution in [0.5, 0.6) is 23.0 Å². The van der Waals surface area contributed by atoms with Crippen molar-refractivity contribution in [2.45, 2.75) is 10.8 Å². The minimum atomic E-state index is -0.771. The molecule has 0 saturated carbocycles. The van der Waals surface area contributed by atoms with Crippen LogP contribution in [0.2, 0.25) is 0 Å². The molecule has 0 atom stereocenters. The van der Waals surface area contributed by atoms with Crippen LogP contribution in [-0.2, 0) is 10.8 Å². The Kier molecular flexibility index (Phi) is 13.1. The lowest BCUT2D eigenvalue weighted by molar-refractivity contribution is 0.436. The van der Waals surface area contributed by atoms with Crippen molar-refractivity contribution in [3.63, 3.8) is 0 Å². The Hall–Kier alpha value is -13.9. The van der Waals surface area contributed by atoms with Crippen LogP contribution in [0.15, 0.2) is 364 Å². The second-order valence-corrected chi connectivity index (χ2v) is 28.2. The van der Waals surface area contributed by atoms with Gasteiger partial charge in [-0.1, -0.05) is 291 Å². The maximum absolute atomic E-state index is 7.22. The number of nitrogens with zero attached hydrogens (tertiary/aromatic N) is 4. The van der Waals surface area contributed by atoms with E-state index in [-0.39, 0.29) is 0 Å². The van der Waals surface area contributed by atoms with E-state index in [2.05, 4.69) is 364 Å². The Labute approximate surface area is 612 Å². The second kappa shape index (κ2) is 23.3. The predicted octanol–water partition coefficient (Wildman–Crippen LogP) is 25.0. The molecular formula is C100H60N4O2. The molecule has 0 radical (unpaired) electrons. The fraction of sp³-hybridized carbons (Fsp3) is 0.0200. The molecule has 2 spiro atoms. The van der Waals surface area contributed by atoms with E-state index in [4.69, 9.17) is 29.4 Å². The first kappa shape index (κ1) is 59.7. The summed E-state index contributed by atoms with van der Waals surface area (Å²) in [5.41, 5.74) is 28.8. The van der Waals surface area contributed by atoms with Crippen molar-refractivity contribution < 1.29 is 9.47 Å².